The van der Waals surface area contributed by atoms with E-state index in [1.807, 2.05) is 0 Å². The van der Waals surface area contributed by atoms with Gasteiger partial charge in [0.25, 0.3) is 5.91 Å². The number of ether oxygens (including phenoxy) is 1. The van der Waals surface area contributed by atoms with Crippen LogP contribution in [0.3, 0.4) is 0 Å². The first-order chi connectivity index (χ1) is 9.11. The van der Waals surface area contributed by atoms with E-state index in [2.05, 4.69) is 5.32 Å². The minimum absolute atomic E-state index is 0.265. The molecule has 0 saturated heterocycles. The molecule has 0 radical (unpaired) electrons. The number of nitrogens with two attached hydrogens (primary N) is 1. The highest BCUT2D eigenvalue weighted by Gasteiger charge is 2.11. The topological polar surface area (TPSA) is 64.3 Å². The van der Waals surface area contributed by atoms with Gasteiger partial charge in [0.15, 0.2) is 0 Å². The van der Waals surface area contributed by atoms with Gasteiger partial charge < -0.3 is 15.8 Å². The van der Waals surface area contributed by atoms with E-state index in [-0.39, 0.29) is 5.91 Å². The average Bonchev–Trinajstić information content (AvgIpc) is 2.43. The number of methoxy groups -OCH3 is 1. The van der Waals surface area contributed by atoms with Gasteiger partial charge in [-0.2, -0.15) is 0 Å². The molecule has 4 nitrogen and oxygen atoms in total. The Morgan fingerprint density at radius 3 is 2.68 bits per heavy atom. The predicted octanol–water partition coefficient (Wildman–Crippen LogP) is 3.18. The lowest BCUT2D eigenvalue weighted by molar-refractivity contribution is 0.102. The maximum atomic E-state index is 12.1. The number of nitrogen functional groups attached to an aromatic ring is 1. The highest BCUT2D eigenvalue weighted by atomic mass is 35.5. The molecule has 0 saturated carbocycles. The number of anilines is 2. The van der Waals surface area contributed by atoms with E-state index in [0.717, 1.165) is 0 Å². The van der Waals surface area contributed by atoms with Crippen molar-refractivity contribution in [2.24, 2.45) is 0 Å². The van der Waals surface area contributed by atoms with Crippen LogP contribution in [-0.2, 0) is 0 Å². The molecule has 2 aromatic rings. The Labute approximate surface area is 116 Å². The van der Waals surface area contributed by atoms with Gasteiger partial charge in [0.1, 0.15) is 5.75 Å². The van der Waals surface area contributed by atoms with E-state index >= 15 is 0 Å². The Balaban J connectivity index is 2.23. The van der Waals surface area contributed by atoms with Gasteiger partial charge in [-0.05, 0) is 30.3 Å². The van der Waals surface area contributed by atoms with Gasteiger partial charge in [0.2, 0.25) is 0 Å². The summed E-state index contributed by atoms with van der Waals surface area (Å²) < 4.78 is 5.14. The second kappa shape index (κ2) is 5.63. The molecule has 0 atom stereocenters. The lowest BCUT2D eigenvalue weighted by Gasteiger charge is -2.09. The molecule has 0 heterocycles. The summed E-state index contributed by atoms with van der Waals surface area (Å²) in [5.74, 6) is 0.251. The van der Waals surface area contributed by atoms with Gasteiger partial charge in [-0.3, -0.25) is 4.79 Å². The molecule has 0 aliphatic rings. The number of benzene rings is 2. The number of para-hydroxylation sites is 1. The van der Waals surface area contributed by atoms with Crippen molar-refractivity contribution in [3.63, 3.8) is 0 Å². The molecule has 1 amide bonds. The Hall–Kier alpha value is -2.20. The second-order valence-electron chi connectivity index (χ2n) is 3.89. The van der Waals surface area contributed by atoms with Crippen molar-refractivity contribution < 1.29 is 9.53 Å². The summed E-state index contributed by atoms with van der Waals surface area (Å²) in [6.07, 6.45) is 0. The molecule has 98 valence electrons. The van der Waals surface area contributed by atoms with Crippen LogP contribution >= 0.6 is 11.6 Å². The van der Waals surface area contributed by atoms with E-state index in [1.165, 1.54) is 7.11 Å². The van der Waals surface area contributed by atoms with Gasteiger partial charge in [-0.1, -0.05) is 23.7 Å². The van der Waals surface area contributed by atoms with Crippen molar-refractivity contribution in [3.8, 4) is 5.75 Å². The lowest BCUT2D eigenvalue weighted by Crippen LogP contribution is -2.13. The molecule has 5 heteroatoms. The molecular formula is C14H13ClN2O2. The Morgan fingerprint density at radius 1 is 1.26 bits per heavy atom. The number of hydrogen-bond donors (Lipinski definition) is 2. The summed E-state index contributed by atoms with van der Waals surface area (Å²) in [6, 6.07) is 11.9. The molecule has 2 rings (SSSR count). The summed E-state index contributed by atoms with van der Waals surface area (Å²) in [5.41, 5.74) is 7.14. The van der Waals surface area contributed by atoms with Crippen molar-refractivity contribution in [2.75, 3.05) is 18.2 Å². The van der Waals surface area contributed by atoms with E-state index in [1.54, 1.807) is 42.5 Å². The number of halogens is 1. The molecule has 0 bridgehead atoms. The number of amides is 1. The number of carbonyl (C=O) groups is 1. The Kier molecular flexibility index (Phi) is 3.92. The quantitative estimate of drug-likeness (QED) is 0.846. The van der Waals surface area contributed by atoms with Crippen molar-refractivity contribution in [3.05, 3.63) is 53.1 Å². The molecule has 3 N–H and O–H groups in total. The summed E-state index contributed by atoms with van der Waals surface area (Å²) >= 11 is 5.82. The Morgan fingerprint density at radius 2 is 2.00 bits per heavy atom. The van der Waals surface area contributed by atoms with Crippen LogP contribution in [0.2, 0.25) is 5.02 Å². The zero-order valence-electron chi connectivity index (χ0n) is 10.3. The van der Waals surface area contributed by atoms with Crippen molar-refractivity contribution in [2.45, 2.75) is 0 Å². The van der Waals surface area contributed by atoms with Gasteiger partial charge in [0.05, 0.1) is 23.4 Å². The summed E-state index contributed by atoms with van der Waals surface area (Å²) in [5, 5.41) is 3.20. The van der Waals surface area contributed by atoms with E-state index in [4.69, 9.17) is 22.1 Å². The third-order valence-electron chi connectivity index (χ3n) is 2.61. The zero-order chi connectivity index (χ0) is 13.8. The largest absolute Gasteiger partial charge is 0.496 e. The lowest BCUT2D eigenvalue weighted by atomic mass is 10.2. The van der Waals surface area contributed by atoms with Crippen LogP contribution in [0.1, 0.15) is 10.4 Å². The molecule has 0 unspecified atom stereocenters. The van der Waals surface area contributed by atoms with Crippen LogP contribution in [0.15, 0.2) is 42.5 Å². The number of hydrogen-bond acceptors (Lipinski definition) is 3. The van der Waals surface area contributed by atoms with Gasteiger partial charge in [0, 0.05) is 5.69 Å². The van der Waals surface area contributed by atoms with Gasteiger partial charge in [-0.25, -0.2) is 0 Å². The smallest absolute Gasteiger partial charge is 0.259 e. The highest BCUT2D eigenvalue weighted by molar-refractivity contribution is 6.33. The van der Waals surface area contributed by atoms with Crippen LogP contribution < -0.4 is 15.8 Å². The minimum atomic E-state index is -0.265. The molecule has 0 aliphatic carbocycles. The standard InChI is InChI=1S/C14H13ClN2O2/c1-19-13-5-3-2-4-10(13)14(18)17-9-6-7-11(15)12(16)8-9/h2-8H,16H2,1H3,(H,17,18). The fraction of sp³-hybridized carbons (Fsp3) is 0.0714. The van der Waals surface area contributed by atoms with Crippen LogP contribution in [-0.4, -0.2) is 13.0 Å². The summed E-state index contributed by atoms with van der Waals surface area (Å²) in [4.78, 5) is 12.1. The first-order valence-corrected chi connectivity index (χ1v) is 5.99. The fourth-order valence-electron chi connectivity index (χ4n) is 1.65. The van der Waals surface area contributed by atoms with E-state index < -0.39 is 0 Å². The molecule has 19 heavy (non-hydrogen) atoms. The number of nitrogens with one attached hydrogen (secondary N) is 1. The molecule has 0 spiro atoms. The molecular weight excluding hydrogens is 264 g/mol. The highest BCUT2D eigenvalue weighted by Crippen LogP contribution is 2.24. The summed E-state index contributed by atoms with van der Waals surface area (Å²) in [6.45, 7) is 0. The first-order valence-electron chi connectivity index (χ1n) is 5.61. The van der Waals surface area contributed by atoms with Crippen molar-refractivity contribution >= 4 is 28.9 Å². The van der Waals surface area contributed by atoms with Crippen LogP contribution in [0, 0.1) is 0 Å². The first kappa shape index (κ1) is 13.2. The van der Waals surface area contributed by atoms with E-state index in [0.29, 0.717) is 27.7 Å². The monoisotopic (exact) mass is 276 g/mol. The fourth-order valence-corrected chi connectivity index (χ4v) is 1.77. The van der Waals surface area contributed by atoms with Crippen LogP contribution in [0.5, 0.6) is 5.75 Å². The van der Waals surface area contributed by atoms with Crippen LogP contribution in [0.25, 0.3) is 0 Å². The predicted molar refractivity (Wildman–Crippen MR) is 76.8 cm³/mol. The molecule has 2 aromatic carbocycles. The summed E-state index contributed by atoms with van der Waals surface area (Å²) in [7, 11) is 1.52. The van der Waals surface area contributed by atoms with Gasteiger partial charge >= 0.3 is 0 Å². The van der Waals surface area contributed by atoms with Gasteiger partial charge in [-0.15, -0.1) is 0 Å². The number of carbonyl (C=O) groups excluding carboxylic acids is 1. The normalized spacial score (nSPS) is 10.0. The maximum Gasteiger partial charge on any atom is 0.259 e. The maximum absolute atomic E-state index is 12.1. The minimum Gasteiger partial charge on any atom is -0.496 e. The SMILES string of the molecule is COc1ccccc1C(=O)Nc1ccc(Cl)c(N)c1. The molecule has 0 aromatic heterocycles. The molecule has 0 fully saturated rings. The third-order valence-corrected chi connectivity index (χ3v) is 2.95. The third kappa shape index (κ3) is 2.98. The number of rotatable bonds is 3. The second-order valence-corrected chi connectivity index (χ2v) is 4.30. The molecule has 0 aliphatic heterocycles. The van der Waals surface area contributed by atoms with Crippen molar-refractivity contribution in [1.82, 2.24) is 0 Å². The zero-order valence-corrected chi connectivity index (χ0v) is 11.1. The van der Waals surface area contributed by atoms with Crippen LogP contribution in [0.4, 0.5) is 11.4 Å². The Bertz CT molecular complexity index is 614. The van der Waals surface area contributed by atoms with Crippen molar-refractivity contribution in [1.29, 1.82) is 0 Å². The average molecular weight is 277 g/mol. The van der Waals surface area contributed by atoms with E-state index in [9.17, 15) is 4.79 Å².